The summed E-state index contributed by atoms with van der Waals surface area (Å²) in [5.41, 5.74) is 1.70. The van der Waals surface area contributed by atoms with Crippen LogP contribution in [0.5, 0.6) is 0 Å². The summed E-state index contributed by atoms with van der Waals surface area (Å²) >= 11 is 0. The Morgan fingerprint density at radius 2 is 1.22 bits per heavy atom. The van der Waals surface area contributed by atoms with Crippen molar-refractivity contribution in [3.05, 3.63) is 11.4 Å². The third-order valence-electron chi connectivity index (χ3n) is 4.71. The molecule has 1 saturated carbocycles. The lowest BCUT2D eigenvalue weighted by Crippen LogP contribution is -2.35. The standard InChI is InChI=1S/C17H31F/c1-12(18)13-8-10-14(16(2,3)4)15(11-9-13)17(5,6)7/h14-15H,8-11H2,1-7H3. The molecule has 1 fully saturated rings. The van der Waals surface area contributed by atoms with Crippen LogP contribution in [0.1, 0.15) is 74.1 Å². The molecule has 0 aromatic heterocycles. The Balaban J connectivity index is 3.02. The van der Waals surface area contributed by atoms with Gasteiger partial charge in [0, 0.05) is 0 Å². The maximum atomic E-state index is 13.5. The molecule has 0 spiro atoms. The first kappa shape index (κ1) is 15.7. The minimum atomic E-state index is 0.0669. The topological polar surface area (TPSA) is 0 Å². The first-order chi connectivity index (χ1) is 8.03. The highest BCUT2D eigenvalue weighted by molar-refractivity contribution is 5.09. The van der Waals surface area contributed by atoms with Gasteiger partial charge in [-0.3, -0.25) is 0 Å². The molecule has 2 atom stereocenters. The van der Waals surface area contributed by atoms with E-state index >= 15 is 0 Å². The van der Waals surface area contributed by atoms with Crippen molar-refractivity contribution in [1.82, 2.24) is 0 Å². The van der Waals surface area contributed by atoms with Crippen molar-refractivity contribution in [3.8, 4) is 0 Å². The molecule has 1 aliphatic carbocycles. The third kappa shape index (κ3) is 3.83. The molecule has 1 heteroatoms. The Kier molecular flexibility index (Phi) is 4.67. The molecule has 0 bridgehead atoms. The summed E-state index contributed by atoms with van der Waals surface area (Å²) in [4.78, 5) is 0. The van der Waals surface area contributed by atoms with Gasteiger partial charge in [0.1, 0.15) is 0 Å². The second-order valence-electron chi connectivity index (χ2n) is 8.16. The molecule has 0 N–H and O–H groups in total. The summed E-state index contributed by atoms with van der Waals surface area (Å²) in [7, 11) is 0. The zero-order valence-electron chi connectivity index (χ0n) is 13.4. The van der Waals surface area contributed by atoms with Crippen LogP contribution >= 0.6 is 0 Å². The van der Waals surface area contributed by atoms with E-state index in [2.05, 4.69) is 41.5 Å². The Morgan fingerprint density at radius 1 is 0.889 bits per heavy atom. The molecular weight excluding hydrogens is 223 g/mol. The second-order valence-corrected chi connectivity index (χ2v) is 8.16. The summed E-state index contributed by atoms with van der Waals surface area (Å²) < 4.78 is 13.5. The van der Waals surface area contributed by atoms with Gasteiger partial charge >= 0.3 is 0 Å². The maximum Gasteiger partial charge on any atom is 0.0960 e. The van der Waals surface area contributed by atoms with Crippen LogP contribution in [-0.2, 0) is 0 Å². The normalized spacial score (nSPS) is 27.0. The smallest absolute Gasteiger partial charge is 0.0960 e. The van der Waals surface area contributed by atoms with Crippen LogP contribution in [0.25, 0.3) is 0 Å². The lowest BCUT2D eigenvalue weighted by atomic mass is 9.62. The fraction of sp³-hybridized carbons (Fsp3) is 0.882. The molecular formula is C17H31F. The van der Waals surface area contributed by atoms with Crippen molar-refractivity contribution in [2.75, 3.05) is 0 Å². The molecule has 0 nitrogen and oxygen atoms in total. The molecule has 106 valence electrons. The van der Waals surface area contributed by atoms with Crippen molar-refractivity contribution >= 4 is 0 Å². The molecule has 0 radical (unpaired) electrons. The van der Waals surface area contributed by atoms with Crippen LogP contribution < -0.4 is 0 Å². The van der Waals surface area contributed by atoms with Crippen LogP contribution in [0.4, 0.5) is 4.39 Å². The zero-order valence-corrected chi connectivity index (χ0v) is 13.4. The van der Waals surface area contributed by atoms with Gasteiger partial charge in [0.05, 0.1) is 5.83 Å². The summed E-state index contributed by atoms with van der Waals surface area (Å²) in [5, 5.41) is 0. The van der Waals surface area contributed by atoms with E-state index in [4.69, 9.17) is 0 Å². The van der Waals surface area contributed by atoms with Crippen molar-refractivity contribution in [2.24, 2.45) is 22.7 Å². The molecule has 0 aliphatic heterocycles. The maximum absolute atomic E-state index is 13.5. The van der Waals surface area contributed by atoms with Crippen molar-refractivity contribution < 1.29 is 4.39 Å². The third-order valence-corrected chi connectivity index (χ3v) is 4.71. The Labute approximate surface area is 113 Å². The van der Waals surface area contributed by atoms with E-state index in [-0.39, 0.29) is 5.83 Å². The van der Waals surface area contributed by atoms with Gasteiger partial charge in [-0.05, 0) is 60.8 Å². The van der Waals surface area contributed by atoms with Crippen LogP contribution in [0, 0.1) is 22.7 Å². The van der Waals surface area contributed by atoms with Gasteiger partial charge in [0.2, 0.25) is 0 Å². The number of hydrogen-bond acceptors (Lipinski definition) is 0. The van der Waals surface area contributed by atoms with Crippen LogP contribution in [0.3, 0.4) is 0 Å². The average molecular weight is 254 g/mol. The van der Waals surface area contributed by atoms with Gasteiger partial charge in [0.25, 0.3) is 0 Å². The van der Waals surface area contributed by atoms with E-state index in [1.54, 1.807) is 6.92 Å². The summed E-state index contributed by atoms with van der Waals surface area (Å²) in [5.74, 6) is 1.45. The van der Waals surface area contributed by atoms with Crippen molar-refractivity contribution in [1.29, 1.82) is 0 Å². The number of halogens is 1. The number of allylic oxidation sites excluding steroid dienone is 2. The number of rotatable bonds is 0. The monoisotopic (exact) mass is 254 g/mol. The highest BCUT2D eigenvalue weighted by Crippen LogP contribution is 2.49. The molecule has 0 aromatic rings. The largest absolute Gasteiger partial charge is 0.212 e. The van der Waals surface area contributed by atoms with Gasteiger partial charge in [-0.2, -0.15) is 0 Å². The van der Waals surface area contributed by atoms with Crippen LogP contribution in [0.15, 0.2) is 11.4 Å². The SMILES string of the molecule is CC(F)=C1CCC(C(C)(C)C)C(C(C)(C)C)CC1. The second kappa shape index (κ2) is 5.35. The first-order valence-electron chi connectivity index (χ1n) is 7.37. The van der Waals surface area contributed by atoms with E-state index in [0.717, 1.165) is 31.3 Å². The van der Waals surface area contributed by atoms with E-state index in [1.165, 1.54) is 0 Å². The van der Waals surface area contributed by atoms with Gasteiger partial charge in [-0.15, -0.1) is 0 Å². The molecule has 0 saturated heterocycles. The fourth-order valence-corrected chi connectivity index (χ4v) is 3.60. The Morgan fingerprint density at radius 3 is 1.44 bits per heavy atom. The summed E-state index contributed by atoms with van der Waals surface area (Å²) in [6, 6.07) is 0. The van der Waals surface area contributed by atoms with E-state index in [9.17, 15) is 4.39 Å². The van der Waals surface area contributed by atoms with Crippen molar-refractivity contribution in [3.63, 3.8) is 0 Å². The highest BCUT2D eigenvalue weighted by Gasteiger charge is 2.39. The predicted octanol–water partition coefficient (Wildman–Crippen LogP) is 6.13. The van der Waals surface area contributed by atoms with Gasteiger partial charge in [-0.1, -0.05) is 41.5 Å². The molecule has 1 aliphatic rings. The first-order valence-corrected chi connectivity index (χ1v) is 7.37. The predicted molar refractivity (Wildman–Crippen MR) is 78.2 cm³/mol. The molecule has 2 unspecified atom stereocenters. The summed E-state index contributed by atoms with van der Waals surface area (Å²) in [6.07, 6.45) is 4.19. The molecule has 18 heavy (non-hydrogen) atoms. The molecule has 0 heterocycles. The van der Waals surface area contributed by atoms with Gasteiger partial charge < -0.3 is 0 Å². The summed E-state index contributed by atoms with van der Waals surface area (Å²) in [6.45, 7) is 15.7. The van der Waals surface area contributed by atoms with E-state index in [0.29, 0.717) is 22.7 Å². The Bertz CT molecular complexity index is 281. The van der Waals surface area contributed by atoms with E-state index in [1.807, 2.05) is 0 Å². The Hall–Kier alpha value is -0.330. The average Bonchev–Trinajstić information content (AvgIpc) is 2.36. The fourth-order valence-electron chi connectivity index (χ4n) is 3.60. The highest BCUT2D eigenvalue weighted by atomic mass is 19.1. The molecule has 0 amide bonds. The van der Waals surface area contributed by atoms with Crippen LogP contribution in [0.2, 0.25) is 0 Å². The zero-order chi connectivity index (χ0) is 14.1. The van der Waals surface area contributed by atoms with Crippen molar-refractivity contribution in [2.45, 2.75) is 74.1 Å². The lowest BCUT2D eigenvalue weighted by Gasteiger charge is -2.43. The molecule has 1 rings (SSSR count). The van der Waals surface area contributed by atoms with Crippen LogP contribution in [-0.4, -0.2) is 0 Å². The molecule has 0 aromatic carbocycles. The quantitative estimate of drug-likeness (QED) is 0.456. The number of hydrogen-bond donors (Lipinski definition) is 0. The van der Waals surface area contributed by atoms with Gasteiger partial charge in [0.15, 0.2) is 0 Å². The minimum Gasteiger partial charge on any atom is -0.212 e. The van der Waals surface area contributed by atoms with E-state index < -0.39 is 0 Å². The minimum absolute atomic E-state index is 0.0669. The van der Waals surface area contributed by atoms with Gasteiger partial charge in [-0.25, -0.2) is 4.39 Å². The lowest BCUT2D eigenvalue weighted by molar-refractivity contribution is 0.0646.